The first kappa shape index (κ1) is 11.9. The molecule has 2 heterocycles. The second kappa shape index (κ2) is 4.75. The highest BCUT2D eigenvalue weighted by Crippen LogP contribution is 2.24. The topological polar surface area (TPSA) is 90.2 Å². The van der Waals surface area contributed by atoms with Crippen LogP contribution < -0.4 is 16.0 Å². The van der Waals surface area contributed by atoms with Crippen LogP contribution in [0.3, 0.4) is 0 Å². The van der Waals surface area contributed by atoms with E-state index in [2.05, 4.69) is 9.97 Å². The third-order valence-corrected chi connectivity index (χ3v) is 2.79. The average Bonchev–Trinajstić information content (AvgIpc) is 2.23. The first-order valence-corrected chi connectivity index (χ1v) is 5.71. The number of nitrogens with zero attached hydrogens (tertiary/aromatic N) is 1. The van der Waals surface area contributed by atoms with Crippen molar-refractivity contribution in [3.05, 3.63) is 16.7 Å². The molecule has 0 radical (unpaired) electrons. The number of nitrogens with one attached hydrogen (secondary N) is 1. The van der Waals surface area contributed by atoms with Gasteiger partial charge in [0.15, 0.2) is 5.69 Å². The molecule has 17 heavy (non-hydrogen) atoms. The van der Waals surface area contributed by atoms with Crippen molar-refractivity contribution in [3.63, 3.8) is 0 Å². The number of hydrogen-bond donors (Lipinski definition) is 2. The Kier molecular flexibility index (Phi) is 3.33. The molecule has 6 nitrogen and oxygen atoms in total. The zero-order valence-electron chi connectivity index (χ0n) is 9.97. The van der Waals surface area contributed by atoms with Gasteiger partial charge in [0.1, 0.15) is 6.10 Å². The summed E-state index contributed by atoms with van der Waals surface area (Å²) in [6.07, 6.45) is 3.13. The Labute approximate surface area is 99.1 Å². The summed E-state index contributed by atoms with van der Waals surface area (Å²) < 4.78 is 11.3. The quantitative estimate of drug-likeness (QED) is 0.792. The zero-order chi connectivity index (χ0) is 12.4. The SMILES string of the molecule is CC1CC(Oc2nc[nH]c(=O)c2N)CC(C)O1. The van der Waals surface area contributed by atoms with Crippen LogP contribution in [0.15, 0.2) is 11.1 Å². The lowest BCUT2D eigenvalue weighted by Gasteiger charge is -2.31. The molecule has 1 aliphatic rings. The zero-order valence-corrected chi connectivity index (χ0v) is 9.97. The van der Waals surface area contributed by atoms with Crippen molar-refractivity contribution in [1.29, 1.82) is 0 Å². The second-order valence-corrected chi connectivity index (χ2v) is 4.42. The van der Waals surface area contributed by atoms with E-state index in [1.807, 2.05) is 13.8 Å². The summed E-state index contributed by atoms with van der Waals surface area (Å²) in [4.78, 5) is 17.6. The molecule has 1 fully saturated rings. The van der Waals surface area contributed by atoms with E-state index in [-0.39, 0.29) is 35.4 Å². The number of hydrogen-bond acceptors (Lipinski definition) is 5. The average molecular weight is 239 g/mol. The summed E-state index contributed by atoms with van der Waals surface area (Å²) in [5, 5.41) is 0. The van der Waals surface area contributed by atoms with Gasteiger partial charge in [0.25, 0.3) is 5.56 Å². The molecule has 2 unspecified atom stereocenters. The number of H-pyrrole nitrogens is 1. The molecule has 0 saturated carbocycles. The standard InChI is InChI=1S/C11H17N3O3/c1-6-3-8(4-7(2)16-6)17-11-9(12)10(15)13-5-14-11/h5-8H,3-4,12H2,1-2H3,(H,13,14,15). The van der Waals surface area contributed by atoms with Crippen LogP contribution in [-0.4, -0.2) is 28.3 Å². The molecular weight excluding hydrogens is 222 g/mol. The van der Waals surface area contributed by atoms with E-state index in [0.29, 0.717) is 0 Å². The third-order valence-electron chi connectivity index (χ3n) is 2.79. The van der Waals surface area contributed by atoms with Crippen molar-refractivity contribution in [3.8, 4) is 5.88 Å². The van der Waals surface area contributed by atoms with E-state index in [9.17, 15) is 4.79 Å². The summed E-state index contributed by atoms with van der Waals surface area (Å²) in [5.74, 6) is 0.208. The van der Waals surface area contributed by atoms with Gasteiger partial charge in [0, 0.05) is 12.8 Å². The van der Waals surface area contributed by atoms with Crippen LogP contribution in [0.1, 0.15) is 26.7 Å². The van der Waals surface area contributed by atoms with Gasteiger partial charge in [-0.2, -0.15) is 0 Å². The minimum Gasteiger partial charge on any atom is -0.473 e. The Bertz CT molecular complexity index is 436. The largest absolute Gasteiger partial charge is 0.473 e. The van der Waals surface area contributed by atoms with Crippen LogP contribution in [-0.2, 0) is 4.74 Å². The molecule has 0 aromatic carbocycles. The lowest BCUT2D eigenvalue weighted by molar-refractivity contribution is -0.0728. The Morgan fingerprint density at radius 1 is 1.47 bits per heavy atom. The first-order valence-electron chi connectivity index (χ1n) is 5.71. The van der Waals surface area contributed by atoms with E-state index in [1.54, 1.807) is 0 Å². The number of nitrogens with two attached hydrogens (primary N) is 1. The molecule has 0 bridgehead atoms. The van der Waals surface area contributed by atoms with Gasteiger partial charge in [-0.15, -0.1) is 0 Å². The molecule has 0 spiro atoms. The van der Waals surface area contributed by atoms with Gasteiger partial charge in [-0.3, -0.25) is 4.79 Å². The van der Waals surface area contributed by atoms with Crippen LogP contribution in [0, 0.1) is 0 Å². The van der Waals surface area contributed by atoms with Crippen molar-refractivity contribution in [1.82, 2.24) is 9.97 Å². The summed E-state index contributed by atoms with van der Waals surface area (Å²) in [7, 11) is 0. The molecule has 94 valence electrons. The van der Waals surface area contributed by atoms with Gasteiger partial charge in [-0.05, 0) is 13.8 Å². The molecule has 0 aliphatic carbocycles. The van der Waals surface area contributed by atoms with Crippen LogP contribution in [0.4, 0.5) is 5.69 Å². The molecular formula is C11H17N3O3. The lowest BCUT2D eigenvalue weighted by atomic mass is 10.0. The van der Waals surface area contributed by atoms with Gasteiger partial charge in [0.05, 0.1) is 18.5 Å². The van der Waals surface area contributed by atoms with Gasteiger partial charge in [-0.25, -0.2) is 4.98 Å². The Hall–Kier alpha value is -1.56. The van der Waals surface area contributed by atoms with Crippen molar-refractivity contribution < 1.29 is 9.47 Å². The van der Waals surface area contributed by atoms with Crippen molar-refractivity contribution in [2.75, 3.05) is 5.73 Å². The monoisotopic (exact) mass is 239 g/mol. The Morgan fingerprint density at radius 3 is 2.76 bits per heavy atom. The Balaban J connectivity index is 2.10. The number of ether oxygens (including phenoxy) is 2. The van der Waals surface area contributed by atoms with E-state index in [0.717, 1.165) is 12.8 Å². The maximum Gasteiger partial charge on any atom is 0.277 e. The molecule has 1 aromatic rings. The van der Waals surface area contributed by atoms with Crippen LogP contribution in [0.2, 0.25) is 0 Å². The fraction of sp³-hybridized carbons (Fsp3) is 0.636. The van der Waals surface area contributed by atoms with E-state index in [4.69, 9.17) is 15.2 Å². The lowest BCUT2D eigenvalue weighted by Crippen LogP contribution is -2.36. The molecule has 3 N–H and O–H groups in total. The number of nitrogen functional groups attached to an aromatic ring is 1. The number of anilines is 1. The highest BCUT2D eigenvalue weighted by molar-refractivity contribution is 5.44. The summed E-state index contributed by atoms with van der Waals surface area (Å²) in [6.45, 7) is 4.00. The molecule has 2 atom stereocenters. The minimum absolute atomic E-state index is 0.00894. The first-order chi connectivity index (χ1) is 8.06. The van der Waals surface area contributed by atoms with Crippen LogP contribution in [0.5, 0.6) is 5.88 Å². The fourth-order valence-corrected chi connectivity index (χ4v) is 2.09. The van der Waals surface area contributed by atoms with Crippen molar-refractivity contribution in [2.45, 2.75) is 45.0 Å². The van der Waals surface area contributed by atoms with Crippen molar-refractivity contribution >= 4 is 5.69 Å². The maximum atomic E-state index is 11.3. The molecule has 2 rings (SSSR count). The molecule has 1 saturated heterocycles. The van der Waals surface area contributed by atoms with Gasteiger partial charge < -0.3 is 20.2 Å². The normalized spacial score (nSPS) is 28.9. The number of rotatable bonds is 2. The molecule has 0 amide bonds. The predicted molar refractivity (Wildman–Crippen MR) is 62.9 cm³/mol. The van der Waals surface area contributed by atoms with Gasteiger partial charge in [-0.1, -0.05) is 0 Å². The minimum atomic E-state index is -0.372. The predicted octanol–water partition coefficient (Wildman–Crippen LogP) is 0.687. The summed E-state index contributed by atoms with van der Waals surface area (Å²) in [6, 6.07) is 0. The molecule has 1 aliphatic heterocycles. The van der Waals surface area contributed by atoms with E-state index >= 15 is 0 Å². The summed E-state index contributed by atoms with van der Waals surface area (Å²) in [5.41, 5.74) is 5.26. The van der Waals surface area contributed by atoms with Gasteiger partial charge in [0.2, 0.25) is 5.88 Å². The number of aromatic amines is 1. The third kappa shape index (κ3) is 2.76. The van der Waals surface area contributed by atoms with E-state index < -0.39 is 0 Å². The van der Waals surface area contributed by atoms with Crippen LogP contribution >= 0.6 is 0 Å². The maximum absolute atomic E-state index is 11.3. The van der Waals surface area contributed by atoms with Crippen molar-refractivity contribution in [2.24, 2.45) is 0 Å². The van der Waals surface area contributed by atoms with Crippen LogP contribution in [0.25, 0.3) is 0 Å². The smallest absolute Gasteiger partial charge is 0.277 e. The number of aromatic nitrogens is 2. The van der Waals surface area contributed by atoms with Gasteiger partial charge >= 0.3 is 0 Å². The Morgan fingerprint density at radius 2 is 2.12 bits per heavy atom. The molecule has 6 heteroatoms. The van der Waals surface area contributed by atoms with E-state index in [1.165, 1.54) is 6.33 Å². The summed E-state index contributed by atoms with van der Waals surface area (Å²) >= 11 is 0. The second-order valence-electron chi connectivity index (χ2n) is 4.42. The highest BCUT2D eigenvalue weighted by Gasteiger charge is 2.26. The fourth-order valence-electron chi connectivity index (χ4n) is 2.09. The molecule has 1 aromatic heterocycles. The highest BCUT2D eigenvalue weighted by atomic mass is 16.5.